The average molecular weight is 380 g/mol. The maximum Gasteiger partial charge on any atom is 0.417 e. The number of hydrogen-bond donors (Lipinski definition) is 1. The van der Waals surface area contributed by atoms with Gasteiger partial charge in [0.1, 0.15) is 5.82 Å². The molecular weight excluding hydrogens is 359 g/mol. The SMILES string of the molecule is CC(C)(C)N(C(=O)O)C1CCN(c2ncc(C(F)(F)F)cc2Cl)CC1. The summed E-state index contributed by atoms with van der Waals surface area (Å²) >= 11 is 5.98. The molecule has 25 heavy (non-hydrogen) atoms. The molecule has 1 aromatic heterocycles. The van der Waals surface area contributed by atoms with Gasteiger partial charge < -0.3 is 14.9 Å². The van der Waals surface area contributed by atoms with Crippen molar-refractivity contribution in [3.05, 3.63) is 22.8 Å². The first-order valence-corrected chi connectivity index (χ1v) is 8.29. The minimum atomic E-state index is -4.49. The van der Waals surface area contributed by atoms with Gasteiger partial charge in [-0.15, -0.1) is 0 Å². The van der Waals surface area contributed by atoms with E-state index in [2.05, 4.69) is 4.98 Å². The second-order valence-corrected chi connectivity index (χ2v) is 7.48. The number of hydrogen-bond acceptors (Lipinski definition) is 3. The first-order chi connectivity index (χ1) is 11.4. The van der Waals surface area contributed by atoms with Crippen LogP contribution in [0.25, 0.3) is 0 Å². The molecule has 0 bridgehead atoms. The number of amides is 1. The van der Waals surface area contributed by atoms with Crippen molar-refractivity contribution in [3.63, 3.8) is 0 Å². The summed E-state index contributed by atoms with van der Waals surface area (Å²) in [4.78, 5) is 18.7. The number of carbonyl (C=O) groups is 1. The highest BCUT2D eigenvalue weighted by atomic mass is 35.5. The maximum atomic E-state index is 12.7. The first-order valence-electron chi connectivity index (χ1n) is 7.91. The Kier molecular flexibility index (Phi) is 5.41. The highest BCUT2D eigenvalue weighted by molar-refractivity contribution is 6.33. The molecule has 1 aliphatic rings. The fourth-order valence-electron chi connectivity index (χ4n) is 3.15. The second kappa shape index (κ2) is 6.90. The fraction of sp³-hybridized carbons (Fsp3) is 0.625. The van der Waals surface area contributed by atoms with E-state index in [-0.39, 0.29) is 11.1 Å². The minimum absolute atomic E-state index is 0.0563. The van der Waals surface area contributed by atoms with Gasteiger partial charge in [0.15, 0.2) is 0 Å². The van der Waals surface area contributed by atoms with Crippen LogP contribution >= 0.6 is 11.6 Å². The van der Waals surface area contributed by atoms with Gasteiger partial charge in [-0.1, -0.05) is 11.6 Å². The van der Waals surface area contributed by atoms with E-state index in [9.17, 15) is 23.1 Å². The van der Waals surface area contributed by atoms with E-state index < -0.39 is 23.4 Å². The molecule has 0 unspecified atom stereocenters. The van der Waals surface area contributed by atoms with Gasteiger partial charge in [0.05, 0.1) is 10.6 Å². The van der Waals surface area contributed by atoms with Crippen molar-refractivity contribution in [2.24, 2.45) is 0 Å². The number of nitrogens with zero attached hydrogens (tertiary/aromatic N) is 3. The largest absolute Gasteiger partial charge is 0.465 e. The molecule has 0 saturated carbocycles. The molecule has 1 saturated heterocycles. The summed E-state index contributed by atoms with van der Waals surface area (Å²) in [6, 6.07) is 0.719. The van der Waals surface area contributed by atoms with Crippen molar-refractivity contribution >= 4 is 23.5 Å². The third-order valence-electron chi connectivity index (χ3n) is 4.21. The van der Waals surface area contributed by atoms with Crippen molar-refractivity contribution in [3.8, 4) is 0 Å². The summed E-state index contributed by atoms with van der Waals surface area (Å²) in [5.74, 6) is 0.297. The number of halogens is 4. The summed E-state index contributed by atoms with van der Waals surface area (Å²) in [5, 5.41) is 9.41. The molecule has 1 aliphatic heterocycles. The Balaban J connectivity index is 2.11. The van der Waals surface area contributed by atoms with E-state index >= 15 is 0 Å². The monoisotopic (exact) mass is 379 g/mol. The third kappa shape index (κ3) is 4.48. The van der Waals surface area contributed by atoms with Crippen molar-refractivity contribution in [2.45, 2.75) is 51.4 Å². The Hall–Kier alpha value is -1.70. The molecule has 1 N–H and O–H groups in total. The molecule has 140 valence electrons. The van der Waals surface area contributed by atoms with Crippen LogP contribution in [-0.2, 0) is 6.18 Å². The van der Waals surface area contributed by atoms with Gasteiger partial charge in [-0.2, -0.15) is 13.2 Å². The average Bonchev–Trinajstić information content (AvgIpc) is 2.45. The van der Waals surface area contributed by atoms with Crippen LogP contribution in [0.5, 0.6) is 0 Å². The Morgan fingerprint density at radius 2 is 1.88 bits per heavy atom. The van der Waals surface area contributed by atoms with Gasteiger partial charge in [0.25, 0.3) is 0 Å². The summed E-state index contributed by atoms with van der Waals surface area (Å²) in [7, 11) is 0. The van der Waals surface area contributed by atoms with Crippen LogP contribution in [-0.4, -0.2) is 45.8 Å². The Morgan fingerprint density at radius 1 is 1.32 bits per heavy atom. The molecule has 9 heteroatoms. The summed E-state index contributed by atoms with van der Waals surface area (Å²) < 4.78 is 38.1. The van der Waals surface area contributed by atoms with Crippen LogP contribution in [0.15, 0.2) is 12.3 Å². The predicted molar refractivity (Wildman–Crippen MR) is 89.1 cm³/mol. The van der Waals surface area contributed by atoms with Crippen LogP contribution in [0.4, 0.5) is 23.8 Å². The molecule has 0 aromatic carbocycles. The van der Waals surface area contributed by atoms with Crippen LogP contribution in [0.2, 0.25) is 5.02 Å². The molecule has 5 nitrogen and oxygen atoms in total. The molecule has 1 aromatic rings. The number of carboxylic acid groups (broad SMARTS) is 1. The lowest BCUT2D eigenvalue weighted by molar-refractivity contribution is -0.137. The van der Waals surface area contributed by atoms with Gasteiger partial charge in [-0.05, 0) is 39.7 Å². The highest BCUT2D eigenvalue weighted by Gasteiger charge is 2.36. The van der Waals surface area contributed by atoms with E-state index in [1.165, 1.54) is 4.90 Å². The lowest BCUT2D eigenvalue weighted by atomic mass is 9.97. The summed E-state index contributed by atoms with van der Waals surface area (Å²) in [6.07, 6.45) is -3.58. The van der Waals surface area contributed by atoms with Gasteiger partial charge in [0, 0.05) is 30.9 Å². The zero-order chi connectivity index (χ0) is 19.0. The standard InChI is InChI=1S/C16H21ClF3N3O2/c1-15(2,3)23(14(24)25)11-4-6-22(7-5-11)13-12(17)8-10(9-21-13)16(18,19)20/h8-9,11H,4-7H2,1-3H3,(H,24,25). The highest BCUT2D eigenvalue weighted by Crippen LogP contribution is 2.35. The number of piperidine rings is 1. The maximum absolute atomic E-state index is 12.7. The van der Waals surface area contributed by atoms with Gasteiger partial charge in [-0.25, -0.2) is 9.78 Å². The number of anilines is 1. The molecule has 2 rings (SSSR count). The smallest absolute Gasteiger partial charge is 0.417 e. The molecule has 1 fully saturated rings. The van der Waals surface area contributed by atoms with Crippen molar-refractivity contribution in [1.82, 2.24) is 9.88 Å². The van der Waals surface area contributed by atoms with E-state index in [0.717, 1.165) is 12.3 Å². The summed E-state index contributed by atoms with van der Waals surface area (Å²) in [5.41, 5.74) is -1.41. The molecule has 0 spiro atoms. The molecule has 0 radical (unpaired) electrons. The van der Waals surface area contributed by atoms with E-state index in [4.69, 9.17) is 11.6 Å². The lowest BCUT2D eigenvalue weighted by Crippen LogP contribution is -2.54. The van der Waals surface area contributed by atoms with Gasteiger partial charge in [0.2, 0.25) is 0 Å². The third-order valence-corrected chi connectivity index (χ3v) is 4.49. The fourth-order valence-corrected chi connectivity index (χ4v) is 3.43. The van der Waals surface area contributed by atoms with E-state index in [1.807, 2.05) is 20.8 Å². The Labute approximate surface area is 149 Å². The van der Waals surface area contributed by atoms with Crippen molar-refractivity contribution in [2.75, 3.05) is 18.0 Å². The zero-order valence-corrected chi connectivity index (χ0v) is 15.0. The molecule has 1 amide bonds. The summed E-state index contributed by atoms with van der Waals surface area (Å²) in [6.45, 7) is 6.45. The molecular formula is C16H21ClF3N3O2. The molecule has 2 heterocycles. The lowest BCUT2D eigenvalue weighted by Gasteiger charge is -2.43. The quantitative estimate of drug-likeness (QED) is 0.821. The minimum Gasteiger partial charge on any atom is -0.465 e. The van der Waals surface area contributed by atoms with Crippen molar-refractivity contribution in [1.29, 1.82) is 0 Å². The van der Waals surface area contributed by atoms with Crippen LogP contribution < -0.4 is 4.90 Å². The Morgan fingerprint density at radius 3 is 2.28 bits per heavy atom. The van der Waals surface area contributed by atoms with Gasteiger partial charge in [-0.3, -0.25) is 0 Å². The van der Waals surface area contributed by atoms with Gasteiger partial charge >= 0.3 is 12.3 Å². The van der Waals surface area contributed by atoms with E-state index in [0.29, 0.717) is 31.7 Å². The number of aromatic nitrogens is 1. The van der Waals surface area contributed by atoms with Crippen molar-refractivity contribution < 1.29 is 23.1 Å². The molecule has 0 aliphatic carbocycles. The predicted octanol–water partition coefficient (Wildman–Crippen LogP) is 4.50. The number of pyridine rings is 1. The van der Waals surface area contributed by atoms with Crippen LogP contribution in [0, 0.1) is 0 Å². The normalized spacial score (nSPS) is 16.8. The second-order valence-electron chi connectivity index (χ2n) is 7.07. The first kappa shape index (κ1) is 19.6. The van der Waals surface area contributed by atoms with Crippen LogP contribution in [0.1, 0.15) is 39.2 Å². The topological polar surface area (TPSA) is 56.7 Å². The van der Waals surface area contributed by atoms with Crippen LogP contribution in [0.3, 0.4) is 0 Å². The molecule has 0 atom stereocenters. The number of rotatable bonds is 2. The number of alkyl halides is 3. The zero-order valence-electron chi connectivity index (χ0n) is 14.3. The van der Waals surface area contributed by atoms with E-state index in [1.54, 1.807) is 4.90 Å². The Bertz CT molecular complexity index is 638.